The summed E-state index contributed by atoms with van der Waals surface area (Å²) in [6, 6.07) is 6.76. The summed E-state index contributed by atoms with van der Waals surface area (Å²) in [4.78, 5) is 24.2. The quantitative estimate of drug-likeness (QED) is 0.128. The molecule has 3 aromatic rings. The minimum atomic E-state index is -1.96. The molecular formula is C27H28O17. The fourth-order valence-electron chi connectivity index (χ4n) is 4.80. The number of aliphatic hydroxyl groups is 7. The highest BCUT2D eigenvalue weighted by atomic mass is 16.7. The summed E-state index contributed by atoms with van der Waals surface area (Å²) in [6.07, 6.45) is -17.5. The summed E-state index contributed by atoms with van der Waals surface area (Å²) in [5.41, 5.74) is -0.838. The Kier molecular flexibility index (Phi) is 8.67. The van der Waals surface area contributed by atoms with Crippen molar-refractivity contribution in [3.05, 3.63) is 46.6 Å². The Morgan fingerprint density at radius 1 is 0.773 bits per heavy atom. The summed E-state index contributed by atoms with van der Waals surface area (Å²) in [5, 5.41) is 99.5. The van der Waals surface area contributed by atoms with Gasteiger partial charge in [0, 0.05) is 23.8 Å². The van der Waals surface area contributed by atoms with Crippen molar-refractivity contribution in [2.75, 3.05) is 6.61 Å². The van der Waals surface area contributed by atoms with Gasteiger partial charge in [-0.25, -0.2) is 4.79 Å². The van der Waals surface area contributed by atoms with Gasteiger partial charge < -0.3 is 74.4 Å². The largest absolute Gasteiger partial charge is 0.507 e. The monoisotopic (exact) mass is 624 g/mol. The Hall–Kier alpha value is -4.04. The van der Waals surface area contributed by atoms with Gasteiger partial charge in [0.15, 0.2) is 23.0 Å². The number of hydrogen-bond acceptors (Lipinski definition) is 16. The summed E-state index contributed by atoms with van der Waals surface area (Å²) in [7, 11) is 0. The second kappa shape index (κ2) is 12.2. The van der Waals surface area contributed by atoms with Crippen LogP contribution in [0.3, 0.4) is 0 Å². The van der Waals surface area contributed by atoms with E-state index in [1.807, 2.05) is 0 Å². The van der Waals surface area contributed by atoms with E-state index >= 15 is 0 Å². The van der Waals surface area contributed by atoms with Gasteiger partial charge in [0.1, 0.15) is 71.0 Å². The van der Waals surface area contributed by atoms with Gasteiger partial charge >= 0.3 is 5.97 Å². The lowest BCUT2D eigenvalue weighted by molar-refractivity contribution is -0.277. The first-order chi connectivity index (χ1) is 20.8. The Morgan fingerprint density at radius 3 is 2.07 bits per heavy atom. The van der Waals surface area contributed by atoms with Crippen molar-refractivity contribution in [3.63, 3.8) is 0 Å². The predicted molar refractivity (Wildman–Crippen MR) is 141 cm³/mol. The van der Waals surface area contributed by atoms with Crippen LogP contribution >= 0.6 is 0 Å². The first-order valence-corrected chi connectivity index (χ1v) is 13.0. The van der Waals surface area contributed by atoms with E-state index in [2.05, 4.69) is 0 Å². The average Bonchev–Trinajstić information content (AvgIpc) is 2.97. The molecule has 0 unspecified atom stereocenters. The van der Waals surface area contributed by atoms with Crippen LogP contribution in [-0.2, 0) is 14.3 Å². The molecule has 0 bridgehead atoms. The average molecular weight is 625 g/mol. The molecule has 2 aliphatic heterocycles. The van der Waals surface area contributed by atoms with Gasteiger partial charge in [-0.1, -0.05) is 0 Å². The Morgan fingerprint density at radius 2 is 1.43 bits per heavy atom. The third kappa shape index (κ3) is 5.75. The van der Waals surface area contributed by atoms with Crippen molar-refractivity contribution in [2.45, 2.75) is 61.4 Å². The maximum absolute atomic E-state index is 12.9. The van der Waals surface area contributed by atoms with Gasteiger partial charge in [-0.3, -0.25) is 4.79 Å². The van der Waals surface area contributed by atoms with E-state index in [4.69, 9.17) is 23.4 Å². The van der Waals surface area contributed by atoms with Gasteiger partial charge in [0.25, 0.3) is 0 Å². The molecule has 44 heavy (non-hydrogen) atoms. The highest BCUT2D eigenvalue weighted by molar-refractivity contribution is 5.86. The van der Waals surface area contributed by atoms with E-state index < -0.39 is 90.9 Å². The molecule has 10 atom stereocenters. The molecule has 17 nitrogen and oxygen atoms in total. The molecule has 0 saturated carbocycles. The van der Waals surface area contributed by atoms with Crippen molar-refractivity contribution >= 4 is 16.9 Å². The zero-order valence-corrected chi connectivity index (χ0v) is 22.3. The van der Waals surface area contributed by atoms with E-state index in [9.17, 15) is 60.7 Å². The van der Waals surface area contributed by atoms with Crippen molar-refractivity contribution in [1.29, 1.82) is 0 Å². The number of phenolic OH excluding ortho intramolecular Hbond substituents is 2. The van der Waals surface area contributed by atoms with Gasteiger partial charge in [0.05, 0.1) is 6.61 Å². The molecule has 2 fully saturated rings. The highest BCUT2D eigenvalue weighted by Gasteiger charge is 2.48. The van der Waals surface area contributed by atoms with Gasteiger partial charge in [-0.2, -0.15) is 0 Å². The van der Waals surface area contributed by atoms with Crippen LogP contribution in [0.4, 0.5) is 0 Å². The van der Waals surface area contributed by atoms with E-state index in [0.717, 1.165) is 24.3 Å². The number of rotatable bonds is 7. The third-order valence-electron chi connectivity index (χ3n) is 7.18. The van der Waals surface area contributed by atoms with E-state index in [1.54, 1.807) is 0 Å². The molecule has 10 N–H and O–H groups in total. The number of fused-ring (bicyclic) bond motifs is 1. The molecule has 1 aromatic heterocycles. The van der Waals surface area contributed by atoms with Crippen molar-refractivity contribution in [3.8, 4) is 34.3 Å². The number of aliphatic hydroxyl groups excluding tert-OH is 7. The SMILES string of the molecule is O=C(O)[C@H]1O[C@@H](Oc2cc(O)c3c(=O)cc(-c4ccc(O[C@@H]5O[C@H](CO)[C@@H](O)[C@H](O)[C@H]5O)c(O)c4)oc3c2)[C@H](O)[C@@H](O)[C@@H]1O. The summed E-state index contributed by atoms with van der Waals surface area (Å²) >= 11 is 0. The normalized spacial score (nSPS) is 32.3. The summed E-state index contributed by atoms with van der Waals surface area (Å²) in [6.45, 7) is -0.693. The lowest BCUT2D eigenvalue weighted by Crippen LogP contribution is -2.61. The predicted octanol–water partition coefficient (Wildman–Crippen LogP) is -2.68. The van der Waals surface area contributed by atoms with Crippen LogP contribution in [0.25, 0.3) is 22.3 Å². The highest BCUT2D eigenvalue weighted by Crippen LogP contribution is 2.37. The van der Waals surface area contributed by atoms with E-state index in [1.165, 1.54) is 12.1 Å². The minimum absolute atomic E-state index is 0.118. The van der Waals surface area contributed by atoms with Crippen LogP contribution in [0.5, 0.6) is 23.0 Å². The molecule has 0 spiro atoms. The molecule has 2 aromatic carbocycles. The molecule has 2 saturated heterocycles. The number of phenols is 2. The van der Waals surface area contributed by atoms with Crippen molar-refractivity contribution < 1.29 is 79.2 Å². The third-order valence-corrected chi connectivity index (χ3v) is 7.18. The van der Waals surface area contributed by atoms with Crippen molar-refractivity contribution in [1.82, 2.24) is 0 Å². The van der Waals surface area contributed by atoms with Crippen LogP contribution in [0.2, 0.25) is 0 Å². The van der Waals surface area contributed by atoms with Gasteiger partial charge in [0.2, 0.25) is 12.6 Å². The number of ether oxygens (including phenoxy) is 4. The van der Waals surface area contributed by atoms with Crippen LogP contribution in [0.1, 0.15) is 0 Å². The van der Waals surface area contributed by atoms with Crippen LogP contribution in [-0.4, -0.2) is 125 Å². The number of benzene rings is 2. The number of carboxylic acid groups (broad SMARTS) is 1. The molecule has 0 radical (unpaired) electrons. The van der Waals surface area contributed by atoms with E-state index in [0.29, 0.717) is 0 Å². The van der Waals surface area contributed by atoms with Crippen LogP contribution in [0.15, 0.2) is 45.6 Å². The Bertz CT molecular complexity index is 1590. The smallest absolute Gasteiger partial charge is 0.335 e. The molecule has 238 valence electrons. The topological polar surface area (TPSA) is 286 Å². The standard InChI is InChI=1S/C27H28O17/c28-7-16-18(32)19(33)22(36)27(43-16)42-13-2-1-8(3-10(13)29)14-6-12(31)17-11(30)4-9(5-15(17)41-14)40-26-23(37)20(34)21(35)24(44-26)25(38)39/h1-6,16,18-24,26-30,32-37H,7H2,(H,38,39)/t16-,18-,19+,20+,21+,22-,23-,24+,26-,27-/m1/s1. The molecule has 3 heterocycles. The number of carboxylic acids is 1. The maximum atomic E-state index is 12.9. The molecule has 5 rings (SSSR count). The fourth-order valence-corrected chi connectivity index (χ4v) is 4.80. The number of aromatic hydroxyl groups is 2. The molecule has 2 aliphatic rings. The zero-order valence-electron chi connectivity index (χ0n) is 22.3. The first kappa shape index (κ1) is 31.4. The molecule has 0 amide bonds. The second-order valence-electron chi connectivity index (χ2n) is 10.1. The first-order valence-electron chi connectivity index (χ1n) is 13.0. The fraction of sp³-hybridized carbons (Fsp3) is 0.407. The van der Waals surface area contributed by atoms with Gasteiger partial charge in [-0.15, -0.1) is 0 Å². The minimum Gasteiger partial charge on any atom is -0.507 e. The summed E-state index contributed by atoms with van der Waals surface area (Å²) < 4.78 is 26.9. The van der Waals surface area contributed by atoms with Gasteiger partial charge in [-0.05, 0) is 18.2 Å². The second-order valence-corrected chi connectivity index (χ2v) is 10.1. The summed E-state index contributed by atoms with van der Waals surface area (Å²) in [5.74, 6) is -3.43. The number of hydrogen-bond donors (Lipinski definition) is 10. The Labute approximate surface area is 245 Å². The van der Waals surface area contributed by atoms with Crippen LogP contribution < -0.4 is 14.9 Å². The van der Waals surface area contributed by atoms with E-state index in [-0.39, 0.29) is 33.8 Å². The zero-order chi connectivity index (χ0) is 32.0. The molecular weight excluding hydrogens is 596 g/mol. The Balaban J connectivity index is 1.41. The molecule has 17 heteroatoms. The lowest BCUT2D eigenvalue weighted by atomic mass is 9.99. The maximum Gasteiger partial charge on any atom is 0.335 e. The number of carbonyl (C=O) groups is 1. The van der Waals surface area contributed by atoms with Crippen LogP contribution in [0, 0.1) is 0 Å². The van der Waals surface area contributed by atoms with Crippen molar-refractivity contribution in [2.24, 2.45) is 0 Å². The lowest BCUT2D eigenvalue weighted by Gasteiger charge is -2.39. The number of aliphatic carboxylic acids is 1. The molecule has 0 aliphatic carbocycles.